The van der Waals surface area contributed by atoms with Crippen LogP contribution < -0.4 is 9.64 Å². The van der Waals surface area contributed by atoms with E-state index in [1.165, 1.54) is 0 Å². The van der Waals surface area contributed by atoms with Gasteiger partial charge in [0, 0.05) is 19.2 Å². The van der Waals surface area contributed by atoms with E-state index in [4.69, 9.17) is 4.74 Å². The van der Waals surface area contributed by atoms with E-state index in [0.29, 0.717) is 17.4 Å². The number of unbranched alkanes of at least 4 members (excludes halogenated alkanes) is 1. The van der Waals surface area contributed by atoms with Crippen LogP contribution in [0.5, 0.6) is 5.88 Å². The second kappa shape index (κ2) is 6.83. The van der Waals surface area contributed by atoms with Crippen molar-refractivity contribution in [2.24, 2.45) is 5.18 Å². The average molecular weight is 237 g/mol. The van der Waals surface area contributed by atoms with Gasteiger partial charge in [0.1, 0.15) is 0 Å². The first-order valence-electron chi connectivity index (χ1n) is 5.90. The summed E-state index contributed by atoms with van der Waals surface area (Å²) in [6.07, 6.45) is 2.16. The van der Waals surface area contributed by atoms with Crippen LogP contribution in [0.15, 0.2) is 17.3 Å². The molecule has 0 spiro atoms. The fourth-order valence-corrected chi connectivity index (χ4v) is 1.60. The lowest BCUT2D eigenvalue weighted by atomic mass is 10.3. The summed E-state index contributed by atoms with van der Waals surface area (Å²) in [4.78, 5) is 17.1. The zero-order valence-electron chi connectivity index (χ0n) is 10.6. The van der Waals surface area contributed by atoms with E-state index in [1.54, 1.807) is 19.2 Å². The number of methoxy groups -OCH3 is 1. The zero-order chi connectivity index (χ0) is 12.7. The van der Waals surface area contributed by atoms with Crippen molar-refractivity contribution in [2.75, 3.05) is 25.1 Å². The van der Waals surface area contributed by atoms with Gasteiger partial charge in [-0.2, -0.15) is 4.98 Å². The quantitative estimate of drug-likeness (QED) is 0.684. The van der Waals surface area contributed by atoms with Gasteiger partial charge in [-0.1, -0.05) is 13.3 Å². The molecule has 5 heteroatoms. The molecule has 5 nitrogen and oxygen atoms in total. The van der Waals surface area contributed by atoms with Crippen molar-refractivity contribution in [2.45, 2.75) is 26.7 Å². The second-order valence-corrected chi connectivity index (χ2v) is 3.72. The minimum atomic E-state index is 0.365. The summed E-state index contributed by atoms with van der Waals surface area (Å²) in [5, 5.41) is 3.01. The van der Waals surface area contributed by atoms with Gasteiger partial charge in [0.25, 0.3) is 0 Å². The van der Waals surface area contributed by atoms with Crippen molar-refractivity contribution < 1.29 is 4.74 Å². The van der Waals surface area contributed by atoms with Gasteiger partial charge < -0.3 is 9.64 Å². The fraction of sp³-hybridized carbons (Fsp3) is 0.583. The molecule has 1 aromatic rings. The number of nitroso groups, excluding NO2 is 1. The third-order valence-corrected chi connectivity index (χ3v) is 2.60. The SMILES string of the molecule is CCCCN(CC)c1nc(OC)ccc1N=O. The van der Waals surface area contributed by atoms with Crippen molar-refractivity contribution in [1.82, 2.24) is 4.98 Å². The van der Waals surface area contributed by atoms with Crippen LogP contribution >= 0.6 is 0 Å². The Bertz CT molecular complexity index is 369. The third kappa shape index (κ3) is 3.41. The summed E-state index contributed by atoms with van der Waals surface area (Å²) in [5.74, 6) is 1.11. The van der Waals surface area contributed by atoms with Gasteiger partial charge in [0.2, 0.25) is 5.88 Å². The summed E-state index contributed by atoms with van der Waals surface area (Å²) in [6.45, 7) is 5.83. The molecule has 0 bridgehead atoms. The molecule has 1 rings (SSSR count). The molecule has 0 saturated carbocycles. The summed E-state index contributed by atoms with van der Waals surface area (Å²) in [7, 11) is 1.56. The molecule has 0 atom stereocenters. The molecule has 17 heavy (non-hydrogen) atoms. The van der Waals surface area contributed by atoms with Crippen molar-refractivity contribution in [1.29, 1.82) is 0 Å². The predicted molar refractivity (Wildman–Crippen MR) is 69.0 cm³/mol. The minimum absolute atomic E-state index is 0.365. The van der Waals surface area contributed by atoms with Crippen LogP contribution in [0.3, 0.4) is 0 Å². The van der Waals surface area contributed by atoms with Gasteiger partial charge >= 0.3 is 0 Å². The Morgan fingerprint density at radius 1 is 1.41 bits per heavy atom. The van der Waals surface area contributed by atoms with E-state index < -0.39 is 0 Å². The predicted octanol–water partition coefficient (Wildman–Crippen LogP) is 3.11. The largest absolute Gasteiger partial charge is 0.481 e. The first-order valence-corrected chi connectivity index (χ1v) is 5.90. The second-order valence-electron chi connectivity index (χ2n) is 3.72. The number of anilines is 1. The number of pyridine rings is 1. The average Bonchev–Trinajstić information content (AvgIpc) is 2.39. The highest BCUT2D eigenvalue weighted by Gasteiger charge is 2.13. The Labute approximate surface area is 102 Å². The molecule has 94 valence electrons. The number of aromatic nitrogens is 1. The van der Waals surface area contributed by atoms with Gasteiger partial charge in [-0.15, -0.1) is 4.91 Å². The van der Waals surface area contributed by atoms with Crippen LogP contribution in [0.25, 0.3) is 0 Å². The molecule has 0 radical (unpaired) electrons. The lowest BCUT2D eigenvalue weighted by molar-refractivity contribution is 0.398. The van der Waals surface area contributed by atoms with Crippen LogP contribution in [-0.2, 0) is 0 Å². The van der Waals surface area contributed by atoms with Crippen LogP contribution in [0.2, 0.25) is 0 Å². The van der Waals surface area contributed by atoms with E-state index in [1.807, 2.05) is 11.8 Å². The Morgan fingerprint density at radius 3 is 2.71 bits per heavy atom. The highest BCUT2D eigenvalue weighted by atomic mass is 16.5. The van der Waals surface area contributed by atoms with Gasteiger partial charge in [0.15, 0.2) is 11.5 Å². The van der Waals surface area contributed by atoms with Crippen LogP contribution in [0, 0.1) is 4.91 Å². The normalized spacial score (nSPS) is 10.1. The summed E-state index contributed by atoms with van der Waals surface area (Å²) < 4.78 is 5.07. The molecule has 0 amide bonds. The van der Waals surface area contributed by atoms with Crippen molar-refractivity contribution in [3.63, 3.8) is 0 Å². The van der Waals surface area contributed by atoms with Gasteiger partial charge in [0.05, 0.1) is 7.11 Å². The van der Waals surface area contributed by atoms with E-state index in [0.717, 1.165) is 25.9 Å². The Hall–Kier alpha value is -1.65. The summed E-state index contributed by atoms with van der Waals surface area (Å²) >= 11 is 0. The molecule has 0 aliphatic carbocycles. The number of nitrogens with zero attached hydrogens (tertiary/aromatic N) is 3. The molecule has 1 heterocycles. The smallest absolute Gasteiger partial charge is 0.215 e. The molecular formula is C12H19N3O2. The van der Waals surface area contributed by atoms with Crippen LogP contribution in [-0.4, -0.2) is 25.2 Å². The maximum atomic E-state index is 10.8. The highest BCUT2D eigenvalue weighted by Crippen LogP contribution is 2.28. The lowest BCUT2D eigenvalue weighted by Gasteiger charge is -2.22. The zero-order valence-corrected chi connectivity index (χ0v) is 10.6. The van der Waals surface area contributed by atoms with Gasteiger partial charge in [-0.3, -0.25) is 0 Å². The third-order valence-electron chi connectivity index (χ3n) is 2.60. The van der Waals surface area contributed by atoms with Crippen molar-refractivity contribution >= 4 is 11.5 Å². The number of ether oxygens (including phenoxy) is 1. The van der Waals surface area contributed by atoms with E-state index in [-0.39, 0.29) is 0 Å². The Kier molecular flexibility index (Phi) is 5.39. The molecule has 0 unspecified atom stereocenters. The monoisotopic (exact) mass is 237 g/mol. The Morgan fingerprint density at radius 2 is 2.18 bits per heavy atom. The topological polar surface area (TPSA) is 54.8 Å². The van der Waals surface area contributed by atoms with Crippen molar-refractivity contribution in [3.8, 4) is 5.88 Å². The maximum absolute atomic E-state index is 10.8. The molecule has 0 saturated heterocycles. The molecule has 0 N–H and O–H groups in total. The fourth-order valence-electron chi connectivity index (χ4n) is 1.60. The molecule has 0 aliphatic heterocycles. The number of rotatable bonds is 7. The number of hydrogen-bond donors (Lipinski definition) is 0. The maximum Gasteiger partial charge on any atom is 0.215 e. The Balaban J connectivity index is 3.01. The lowest BCUT2D eigenvalue weighted by Crippen LogP contribution is -2.25. The van der Waals surface area contributed by atoms with Gasteiger partial charge in [-0.25, -0.2) is 0 Å². The molecule has 1 aromatic heterocycles. The molecule has 0 aromatic carbocycles. The first-order chi connectivity index (χ1) is 8.26. The molecular weight excluding hydrogens is 218 g/mol. The standard InChI is InChI=1S/C12H19N3O2/c1-4-6-9-15(5-2)12-10(14-16)7-8-11(13-12)17-3/h7-8H,4-6,9H2,1-3H3. The van der Waals surface area contributed by atoms with E-state index in [9.17, 15) is 4.91 Å². The van der Waals surface area contributed by atoms with E-state index in [2.05, 4.69) is 17.1 Å². The number of hydrogen-bond acceptors (Lipinski definition) is 5. The molecule has 0 aliphatic rings. The van der Waals surface area contributed by atoms with E-state index >= 15 is 0 Å². The summed E-state index contributed by atoms with van der Waals surface area (Å²) in [5.41, 5.74) is 0.365. The molecule has 0 fully saturated rings. The van der Waals surface area contributed by atoms with Crippen LogP contribution in [0.1, 0.15) is 26.7 Å². The first kappa shape index (κ1) is 13.4. The highest BCUT2D eigenvalue weighted by molar-refractivity contribution is 5.62. The van der Waals surface area contributed by atoms with Crippen molar-refractivity contribution in [3.05, 3.63) is 17.0 Å². The summed E-state index contributed by atoms with van der Waals surface area (Å²) in [6, 6.07) is 3.29. The van der Waals surface area contributed by atoms with Gasteiger partial charge in [-0.05, 0) is 24.6 Å². The van der Waals surface area contributed by atoms with Crippen LogP contribution in [0.4, 0.5) is 11.5 Å². The minimum Gasteiger partial charge on any atom is -0.481 e.